The number of nitrogens with two attached hydrogens (primary N) is 1. The zero-order valence-electron chi connectivity index (χ0n) is 10.8. The van der Waals surface area contributed by atoms with E-state index in [4.69, 9.17) is 5.73 Å². The molecule has 100 valence electrons. The van der Waals surface area contributed by atoms with Crippen LogP contribution in [0.25, 0.3) is 0 Å². The molecule has 0 fully saturated rings. The van der Waals surface area contributed by atoms with Gasteiger partial charge in [0.1, 0.15) is 0 Å². The fourth-order valence-electron chi connectivity index (χ4n) is 1.70. The van der Waals surface area contributed by atoms with Crippen molar-refractivity contribution in [3.63, 3.8) is 0 Å². The summed E-state index contributed by atoms with van der Waals surface area (Å²) in [6.07, 6.45) is 3.86. The van der Waals surface area contributed by atoms with Crippen LogP contribution < -0.4 is 16.6 Å². The van der Waals surface area contributed by atoms with Gasteiger partial charge in [0, 0.05) is 37.8 Å². The molecule has 5 nitrogen and oxygen atoms in total. The number of unbranched alkanes of at least 4 members (excludes halogenated alkanes) is 1. The van der Waals surface area contributed by atoms with Gasteiger partial charge in [-0.15, -0.1) is 0 Å². The van der Waals surface area contributed by atoms with E-state index in [2.05, 4.69) is 5.32 Å². The lowest BCUT2D eigenvalue weighted by Crippen LogP contribution is -2.28. The number of hydrogen-bond acceptors (Lipinski definition) is 3. The highest BCUT2D eigenvalue weighted by Crippen LogP contribution is 1.98. The quantitative estimate of drug-likeness (QED) is 0.689. The molecule has 0 aliphatic heterocycles. The molecule has 18 heavy (non-hydrogen) atoms. The summed E-state index contributed by atoms with van der Waals surface area (Å²) in [6, 6.07) is 3.67. The Morgan fingerprint density at radius 1 is 1.44 bits per heavy atom. The number of carbonyl (C=O) groups excluding carboxylic acids is 1. The van der Waals surface area contributed by atoms with E-state index in [1.165, 1.54) is 0 Å². The maximum absolute atomic E-state index is 11.7. The van der Waals surface area contributed by atoms with Crippen molar-refractivity contribution in [2.75, 3.05) is 13.1 Å². The van der Waals surface area contributed by atoms with Gasteiger partial charge in [-0.3, -0.25) is 9.59 Å². The summed E-state index contributed by atoms with van der Waals surface area (Å²) in [6.45, 7) is 3.45. The van der Waals surface area contributed by atoms with Gasteiger partial charge in [-0.05, 0) is 25.8 Å². The van der Waals surface area contributed by atoms with E-state index >= 15 is 0 Å². The smallest absolute Gasteiger partial charge is 0.253 e. The van der Waals surface area contributed by atoms with Crippen molar-refractivity contribution in [2.24, 2.45) is 5.73 Å². The van der Waals surface area contributed by atoms with Gasteiger partial charge in [0.25, 0.3) is 5.56 Å². The Balaban J connectivity index is 2.28. The highest BCUT2D eigenvalue weighted by atomic mass is 16.1. The minimum atomic E-state index is 0.0250. The van der Waals surface area contributed by atoms with Crippen LogP contribution in [-0.2, 0) is 11.3 Å². The molecule has 1 rings (SSSR count). The molecule has 0 atom stereocenters. The molecule has 3 N–H and O–H groups in total. The summed E-state index contributed by atoms with van der Waals surface area (Å²) < 4.78 is 1.69. The third kappa shape index (κ3) is 4.71. The molecule has 0 aliphatic rings. The second kappa shape index (κ2) is 7.66. The van der Waals surface area contributed by atoms with Crippen LogP contribution >= 0.6 is 0 Å². The zero-order valence-corrected chi connectivity index (χ0v) is 10.8. The Bertz CT molecular complexity index is 440. The van der Waals surface area contributed by atoms with E-state index in [-0.39, 0.29) is 11.5 Å². The van der Waals surface area contributed by atoms with Crippen molar-refractivity contribution >= 4 is 5.91 Å². The van der Waals surface area contributed by atoms with Crippen molar-refractivity contribution in [3.8, 4) is 0 Å². The number of aromatic nitrogens is 1. The van der Waals surface area contributed by atoms with Crippen LogP contribution in [0, 0.1) is 6.92 Å². The molecule has 0 saturated carbocycles. The first kappa shape index (κ1) is 14.4. The average molecular weight is 251 g/mol. The molecule has 0 bridgehead atoms. The average Bonchev–Trinajstić information content (AvgIpc) is 2.37. The predicted octanol–water partition coefficient (Wildman–Crippen LogP) is 0.402. The second-order valence-electron chi connectivity index (χ2n) is 4.29. The summed E-state index contributed by atoms with van der Waals surface area (Å²) in [5.41, 5.74) is 6.08. The molecule has 0 radical (unpaired) electrons. The standard InChI is InChI=1S/C13H21N3O2/c1-11-5-4-10-16(13(11)18)9-3-2-6-12(17)15-8-7-14/h4-5,10H,2-3,6-9,14H2,1H3,(H,15,17). The van der Waals surface area contributed by atoms with E-state index in [9.17, 15) is 9.59 Å². The monoisotopic (exact) mass is 251 g/mol. The molecule has 0 aliphatic carbocycles. The third-order valence-electron chi connectivity index (χ3n) is 2.73. The molecular weight excluding hydrogens is 230 g/mol. The van der Waals surface area contributed by atoms with Crippen molar-refractivity contribution in [3.05, 3.63) is 34.2 Å². The molecule has 0 spiro atoms. The fourth-order valence-corrected chi connectivity index (χ4v) is 1.70. The molecule has 0 unspecified atom stereocenters. The molecule has 0 saturated heterocycles. The molecule has 5 heteroatoms. The Labute approximate surface area is 107 Å². The Kier molecular flexibility index (Phi) is 6.14. The highest BCUT2D eigenvalue weighted by molar-refractivity contribution is 5.75. The molecule has 0 aromatic carbocycles. The molecule has 1 heterocycles. The minimum absolute atomic E-state index is 0.0250. The first-order valence-corrected chi connectivity index (χ1v) is 6.28. The number of pyridine rings is 1. The Hall–Kier alpha value is -1.62. The molecule has 1 amide bonds. The van der Waals surface area contributed by atoms with E-state index < -0.39 is 0 Å². The van der Waals surface area contributed by atoms with Gasteiger partial charge >= 0.3 is 0 Å². The number of nitrogens with one attached hydrogen (secondary N) is 1. The van der Waals surface area contributed by atoms with Crippen LogP contribution in [0.5, 0.6) is 0 Å². The zero-order chi connectivity index (χ0) is 13.4. The lowest BCUT2D eigenvalue weighted by atomic mass is 10.2. The number of carbonyl (C=O) groups is 1. The van der Waals surface area contributed by atoms with Crippen molar-refractivity contribution < 1.29 is 4.79 Å². The predicted molar refractivity (Wildman–Crippen MR) is 71.4 cm³/mol. The lowest BCUT2D eigenvalue weighted by Gasteiger charge is -2.06. The minimum Gasteiger partial charge on any atom is -0.355 e. The van der Waals surface area contributed by atoms with Crippen LogP contribution in [0.2, 0.25) is 0 Å². The van der Waals surface area contributed by atoms with Gasteiger partial charge < -0.3 is 15.6 Å². The SMILES string of the molecule is Cc1cccn(CCCCC(=O)NCCN)c1=O. The van der Waals surface area contributed by atoms with Crippen molar-refractivity contribution in [1.82, 2.24) is 9.88 Å². The number of aryl methyl sites for hydroxylation is 2. The first-order valence-electron chi connectivity index (χ1n) is 6.28. The Morgan fingerprint density at radius 3 is 2.94 bits per heavy atom. The number of amides is 1. The van der Waals surface area contributed by atoms with Gasteiger partial charge in [-0.1, -0.05) is 6.07 Å². The Morgan fingerprint density at radius 2 is 2.22 bits per heavy atom. The molecular formula is C13H21N3O2. The van der Waals surface area contributed by atoms with Gasteiger partial charge in [-0.25, -0.2) is 0 Å². The third-order valence-corrected chi connectivity index (χ3v) is 2.73. The normalized spacial score (nSPS) is 10.3. The van der Waals surface area contributed by atoms with Gasteiger partial charge in [0.15, 0.2) is 0 Å². The largest absolute Gasteiger partial charge is 0.355 e. The maximum Gasteiger partial charge on any atom is 0.253 e. The van der Waals surface area contributed by atoms with E-state index in [1.54, 1.807) is 23.8 Å². The van der Waals surface area contributed by atoms with Crippen LogP contribution in [0.1, 0.15) is 24.8 Å². The first-order chi connectivity index (χ1) is 8.65. The van der Waals surface area contributed by atoms with Crippen molar-refractivity contribution in [1.29, 1.82) is 0 Å². The van der Waals surface area contributed by atoms with Crippen LogP contribution in [0.15, 0.2) is 23.1 Å². The van der Waals surface area contributed by atoms with Gasteiger partial charge in [0.05, 0.1) is 0 Å². The second-order valence-corrected chi connectivity index (χ2v) is 4.29. The summed E-state index contributed by atoms with van der Waals surface area (Å²) in [7, 11) is 0. The van der Waals surface area contributed by atoms with Gasteiger partial charge in [0.2, 0.25) is 5.91 Å². The summed E-state index contributed by atoms with van der Waals surface area (Å²) in [4.78, 5) is 23.0. The molecule has 1 aromatic rings. The topological polar surface area (TPSA) is 77.1 Å². The number of nitrogens with zero attached hydrogens (tertiary/aromatic N) is 1. The van der Waals surface area contributed by atoms with Crippen LogP contribution in [0.3, 0.4) is 0 Å². The van der Waals surface area contributed by atoms with Gasteiger partial charge in [-0.2, -0.15) is 0 Å². The van der Waals surface area contributed by atoms with E-state index in [0.717, 1.165) is 18.4 Å². The lowest BCUT2D eigenvalue weighted by molar-refractivity contribution is -0.121. The van der Waals surface area contributed by atoms with Crippen LogP contribution in [-0.4, -0.2) is 23.6 Å². The molecule has 1 aromatic heterocycles. The number of hydrogen-bond donors (Lipinski definition) is 2. The van der Waals surface area contributed by atoms with Crippen molar-refractivity contribution in [2.45, 2.75) is 32.7 Å². The van der Waals surface area contributed by atoms with E-state index in [0.29, 0.717) is 26.1 Å². The summed E-state index contributed by atoms with van der Waals surface area (Å²) >= 11 is 0. The summed E-state index contributed by atoms with van der Waals surface area (Å²) in [5.74, 6) is 0.0250. The fraction of sp³-hybridized carbons (Fsp3) is 0.538. The van der Waals surface area contributed by atoms with Crippen LogP contribution in [0.4, 0.5) is 0 Å². The van der Waals surface area contributed by atoms with E-state index in [1.807, 2.05) is 6.07 Å². The maximum atomic E-state index is 11.7. The number of rotatable bonds is 7. The summed E-state index contributed by atoms with van der Waals surface area (Å²) in [5, 5.41) is 2.72. The highest BCUT2D eigenvalue weighted by Gasteiger charge is 2.01.